The number of likely N-dealkylation sites (tertiary alicyclic amines) is 1. The summed E-state index contributed by atoms with van der Waals surface area (Å²) in [7, 11) is 0. The molecule has 0 aliphatic carbocycles. The molecule has 2 aliphatic rings. The standard InChI is InChI=1S/C16H22N2O.ClH/c19-16(10-13-6-8-17-11-13)18-9-7-15(12-18)14-4-2-1-3-5-14;/h1-5,13,15,17H,6-12H2;1H. The fourth-order valence-corrected chi connectivity index (χ4v) is 3.25. The zero-order valence-electron chi connectivity index (χ0n) is 11.8. The Kier molecular flexibility index (Phi) is 5.44. The van der Waals surface area contributed by atoms with Gasteiger partial charge >= 0.3 is 0 Å². The minimum atomic E-state index is 0. The Morgan fingerprint density at radius 1 is 1.25 bits per heavy atom. The third kappa shape index (κ3) is 3.53. The SMILES string of the molecule is Cl.O=C(CC1CCNC1)N1CCC(c2ccccc2)C1. The molecule has 0 spiro atoms. The minimum absolute atomic E-state index is 0. The van der Waals surface area contributed by atoms with E-state index in [0.29, 0.717) is 17.7 Å². The molecule has 3 rings (SSSR count). The highest BCUT2D eigenvalue weighted by Gasteiger charge is 2.29. The van der Waals surface area contributed by atoms with Crippen LogP contribution in [0.1, 0.15) is 30.7 Å². The monoisotopic (exact) mass is 294 g/mol. The zero-order valence-corrected chi connectivity index (χ0v) is 12.6. The lowest BCUT2D eigenvalue weighted by molar-refractivity contribution is -0.131. The normalized spacial score (nSPS) is 25.5. The average molecular weight is 295 g/mol. The molecule has 1 N–H and O–H groups in total. The van der Waals surface area contributed by atoms with Crippen LogP contribution in [0.15, 0.2) is 30.3 Å². The highest BCUT2D eigenvalue weighted by molar-refractivity contribution is 5.85. The number of benzene rings is 1. The van der Waals surface area contributed by atoms with Crippen molar-refractivity contribution in [1.82, 2.24) is 10.2 Å². The summed E-state index contributed by atoms with van der Waals surface area (Å²) < 4.78 is 0. The lowest BCUT2D eigenvalue weighted by Crippen LogP contribution is -2.30. The Balaban J connectivity index is 0.00000147. The zero-order chi connectivity index (χ0) is 13.1. The molecule has 0 saturated carbocycles. The van der Waals surface area contributed by atoms with Gasteiger partial charge in [0.2, 0.25) is 5.91 Å². The first kappa shape index (κ1) is 15.3. The summed E-state index contributed by atoms with van der Waals surface area (Å²) in [6.07, 6.45) is 2.99. The van der Waals surface area contributed by atoms with Crippen molar-refractivity contribution >= 4 is 18.3 Å². The molecule has 2 heterocycles. The molecule has 0 aromatic heterocycles. The van der Waals surface area contributed by atoms with Crippen LogP contribution in [-0.4, -0.2) is 37.0 Å². The van der Waals surface area contributed by atoms with Gasteiger partial charge in [0.15, 0.2) is 0 Å². The second kappa shape index (κ2) is 7.09. The molecule has 0 radical (unpaired) electrons. The summed E-state index contributed by atoms with van der Waals surface area (Å²) in [5.41, 5.74) is 1.38. The van der Waals surface area contributed by atoms with Gasteiger partial charge in [0.05, 0.1) is 0 Å². The van der Waals surface area contributed by atoms with Crippen molar-refractivity contribution in [3.63, 3.8) is 0 Å². The summed E-state index contributed by atoms with van der Waals surface area (Å²) in [6.45, 7) is 3.92. The van der Waals surface area contributed by atoms with Crippen LogP contribution < -0.4 is 5.32 Å². The third-order valence-corrected chi connectivity index (χ3v) is 4.44. The largest absolute Gasteiger partial charge is 0.342 e. The van der Waals surface area contributed by atoms with Crippen molar-refractivity contribution in [1.29, 1.82) is 0 Å². The maximum Gasteiger partial charge on any atom is 0.222 e. The molecule has 2 fully saturated rings. The van der Waals surface area contributed by atoms with Crippen LogP contribution in [0.3, 0.4) is 0 Å². The maximum absolute atomic E-state index is 12.3. The van der Waals surface area contributed by atoms with E-state index in [1.165, 1.54) is 5.56 Å². The fraction of sp³-hybridized carbons (Fsp3) is 0.562. The first-order valence-corrected chi connectivity index (χ1v) is 7.36. The number of nitrogens with zero attached hydrogens (tertiary/aromatic N) is 1. The quantitative estimate of drug-likeness (QED) is 0.928. The molecule has 3 nitrogen and oxygen atoms in total. The van der Waals surface area contributed by atoms with Crippen molar-refractivity contribution in [3.05, 3.63) is 35.9 Å². The highest BCUT2D eigenvalue weighted by atomic mass is 35.5. The van der Waals surface area contributed by atoms with Crippen molar-refractivity contribution < 1.29 is 4.79 Å². The van der Waals surface area contributed by atoms with Crippen molar-refractivity contribution in [2.45, 2.75) is 25.2 Å². The smallest absolute Gasteiger partial charge is 0.222 e. The lowest BCUT2D eigenvalue weighted by atomic mass is 9.99. The molecule has 1 amide bonds. The molecule has 2 unspecified atom stereocenters. The topological polar surface area (TPSA) is 32.3 Å². The van der Waals surface area contributed by atoms with Gasteiger partial charge in [-0.05, 0) is 37.4 Å². The number of rotatable bonds is 3. The van der Waals surface area contributed by atoms with E-state index in [0.717, 1.165) is 45.4 Å². The number of hydrogen-bond acceptors (Lipinski definition) is 2. The summed E-state index contributed by atoms with van der Waals surface area (Å²) in [4.78, 5) is 14.3. The van der Waals surface area contributed by atoms with Crippen LogP contribution in [0.5, 0.6) is 0 Å². The number of halogens is 1. The average Bonchev–Trinajstić information content (AvgIpc) is 3.10. The van der Waals surface area contributed by atoms with E-state index in [2.05, 4.69) is 40.5 Å². The third-order valence-electron chi connectivity index (χ3n) is 4.44. The Hall–Kier alpha value is -1.06. The molecule has 2 aliphatic heterocycles. The van der Waals surface area contributed by atoms with Crippen LogP contribution in [0.2, 0.25) is 0 Å². The summed E-state index contributed by atoms with van der Waals surface area (Å²) >= 11 is 0. The van der Waals surface area contributed by atoms with E-state index in [9.17, 15) is 4.79 Å². The number of nitrogens with one attached hydrogen (secondary N) is 1. The van der Waals surface area contributed by atoms with Gasteiger partial charge in [-0.3, -0.25) is 4.79 Å². The summed E-state index contributed by atoms with van der Waals surface area (Å²) in [5.74, 6) is 1.45. The van der Waals surface area contributed by atoms with E-state index in [1.807, 2.05) is 0 Å². The second-order valence-electron chi connectivity index (χ2n) is 5.80. The lowest BCUT2D eigenvalue weighted by Gasteiger charge is -2.18. The second-order valence-corrected chi connectivity index (χ2v) is 5.80. The van der Waals surface area contributed by atoms with Crippen molar-refractivity contribution in [2.75, 3.05) is 26.2 Å². The summed E-state index contributed by atoms with van der Waals surface area (Å²) in [6, 6.07) is 10.6. The van der Waals surface area contributed by atoms with Crippen LogP contribution in [0, 0.1) is 5.92 Å². The van der Waals surface area contributed by atoms with Crippen LogP contribution in [0.4, 0.5) is 0 Å². The predicted octanol–water partition coefficient (Wildman–Crippen LogP) is 2.42. The number of carbonyl (C=O) groups is 1. The summed E-state index contributed by atoms with van der Waals surface area (Å²) in [5, 5.41) is 3.33. The fourth-order valence-electron chi connectivity index (χ4n) is 3.25. The van der Waals surface area contributed by atoms with Crippen molar-refractivity contribution in [2.24, 2.45) is 5.92 Å². The molecular weight excluding hydrogens is 272 g/mol. The highest BCUT2D eigenvalue weighted by Crippen LogP contribution is 2.28. The maximum atomic E-state index is 12.3. The Labute approximate surface area is 127 Å². The van der Waals surface area contributed by atoms with Gasteiger partial charge in [-0.15, -0.1) is 12.4 Å². The van der Waals surface area contributed by atoms with E-state index < -0.39 is 0 Å². The van der Waals surface area contributed by atoms with Crippen LogP contribution >= 0.6 is 12.4 Å². The van der Waals surface area contributed by atoms with Gasteiger partial charge in [-0.1, -0.05) is 30.3 Å². The molecule has 20 heavy (non-hydrogen) atoms. The number of hydrogen-bond donors (Lipinski definition) is 1. The molecule has 1 aromatic carbocycles. The number of amides is 1. The van der Waals surface area contributed by atoms with E-state index in [-0.39, 0.29) is 12.4 Å². The Bertz CT molecular complexity index is 431. The van der Waals surface area contributed by atoms with E-state index >= 15 is 0 Å². The van der Waals surface area contributed by atoms with Gasteiger partial charge in [0, 0.05) is 25.4 Å². The van der Waals surface area contributed by atoms with Gasteiger partial charge < -0.3 is 10.2 Å². The molecule has 2 saturated heterocycles. The van der Waals surface area contributed by atoms with Crippen molar-refractivity contribution in [3.8, 4) is 0 Å². The molecule has 2 atom stereocenters. The van der Waals surface area contributed by atoms with Crippen LogP contribution in [-0.2, 0) is 4.79 Å². The number of carbonyl (C=O) groups excluding carboxylic acids is 1. The first-order chi connectivity index (χ1) is 9.33. The van der Waals surface area contributed by atoms with Gasteiger partial charge in [-0.25, -0.2) is 0 Å². The minimum Gasteiger partial charge on any atom is -0.342 e. The first-order valence-electron chi connectivity index (χ1n) is 7.36. The molecule has 110 valence electrons. The van der Waals surface area contributed by atoms with Gasteiger partial charge in [0.1, 0.15) is 0 Å². The van der Waals surface area contributed by atoms with E-state index in [1.54, 1.807) is 0 Å². The van der Waals surface area contributed by atoms with E-state index in [4.69, 9.17) is 0 Å². The van der Waals surface area contributed by atoms with Gasteiger partial charge in [-0.2, -0.15) is 0 Å². The predicted molar refractivity (Wildman–Crippen MR) is 83.2 cm³/mol. The Morgan fingerprint density at radius 2 is 2.05 bits per heavy atom. The molecule has 1 aromatic rings. The molecule has 0 bridgehead atoms. The molecular formula is C16H23ClN2O. The van der Waals surface area contributed by atoms with Gasteiger partial charge in [0.25, 0.3) is 0 Å². The van der Waals surface area contributed by atoms with Crippen LogP contribution in [0.25, 0.3) is 0 Å². The molecule has 4 heteroatoms. The Morgan fingerprint density at radius 3 is 2.75 bits per heavy atom.